The van der Waals surface area contributed by atoms with Crippen LogP contribution in [0, 0.1) is 13.8 Å². The van der Waals surface area contributed by atoms with Crippen LogP contribution in [-0.4, -0.2) is 34.0 Å². The number of nitrogens with one attached hydrogen (secondary N) is 1. The molecule has 0 saturated carbocycles. The minimum absolute atomic E-state index is 0.241. The number of methoxy groups -OCH3 is 1. The molecule has 3 nitrogen and oxygen atoms in total. The minimum Gasteiger partial charge on any atom is -0.382 e. The minimum atomic E-state index is 0.241. The maximum atomic E-state index is 5.57. The summed E-state index contributed by atoms with van der Waals surface area (Å²) in [5.74, 6) is 0. The van der Waals surface area contributed by atoms with Crippen molar-refractivity contribution in [3.8, 4) is 0 Å². The normalized spacial score (nSPS) is 12.7. The van der Waals surface area contributed by atoms with E-state index in [2.05, 4.69) is 37.4 Å². The molecule has 0 bridgehead atoms. The highest BCUT2D eigenvalue weighted by molar-refractivity contribution is 5.30. The van der Waals surface area contributed by atoms with Crippen LogP contribution in [0.1, 0.15) is 22.7 Å². The quantitative estimate of drug-likeness (QED) is 0.738. The Labute approximate surface area is 104 Å². The molecule has 1 aromatic carbocycles. The molecule has 96 valence electrons. The lowest BCUT2D eigenvalue weighted by Gasteiger charge is -2.18. The monoisotopic (exact) mass is 237 g/mol. The average molecular weight is 237 g/mol. The smallest absolute Gasteiger partial charge is 0.0701 e. The van der Waals surface area contributed by atoms with Crippen molar-refractivity contribution < 1.29 is 9.47 Å². The fraction of sp³-hybridized carbons (Fsp3) is 0.571. The molecule has 0 aliphatic carbocycles. The van der Waals surface area contributed by atoms with Gasteiger partial charge < -0.3 is 14.8 Å². The van der Waals surface area contributed by atoms with E-state index in [0.29, 0.717) is 19.8 Å². The lowest BCUT2D eigenvalue weighted by molar-refractivity contribution is 0.0596. The summed E-state index contributed by atoms with van der Waals surface area (Å²) < 4.78 is 10.5. The summed E-state index contributed by atoms with van der Waals surface area (Å²) in [5, 5.41) is 3.28. The van der Waals surface area contributed by atoms with Crippen molar-refractivity contribution in [2.75, 3.05) is 34.0 Å². The molecule has 0 aromatic heterocycles. The van der Waals surface area contributed by atoms with Gasteiger partial charge in [0.1, 0.15) is 0 Å². The number of benzene rings is 1. The number of ether oxygens (including phenoxy) is 2. The standard InChI is InChI=1S/C14H23NO2/c1-11-7-12(2)9-13(8-11)14(15-3)10-17-6-5-16-4/h7-9,14-15H,5-6,10H2,1-4H3. The van der Waals surface area contributed by atoms with Crippen LogP contribution < -0.4 is 5.32 Å². The van der Waals surface area contributed by atoms with Gasteiger partial charge in [-0.15, -0.1) is 0 Å². The summed E-state index contributed by atoms with van der Waals surface area (Å²) in [6, 6.07) is 6.83. The molecule has 0 aliphatic heterocycles. The second-order valence-corrected chi connectivity index (χ2v) is 4.33. The molecule has 3 heteroatoms. The van der Waals surface area contributed by atoms with E-state index in [1.165, 1.54) is 16.7 Å². The Balaban J connectivity index is 2.59. The van der Waals surface area contributed by atoms with Crippen molar-refractivity contribution in [1.82, 2.24) is 5.32 Å². The average Bonchev–Trinajstić information content (AvgIpc) is 2.28. The van der Waals surface area contributed by atoms with Crippen molar-refractivity contribution in [2.24, 2.45) is 0 Å². The Bertz CT molecular complexity index is 319. The fourth-order valence-electron chi connectivity index (χ4n) is 1.90. The van der Waals surface area contributed by atoms with E-state index in [9.17, 15) is 0 Å². The summed E-state index contributed by atoms with van der Waals surface area (Å²) >= 11 is 0. The predicted molar refractivity (Wildman–Crippen MR) is 70.4 cm³/mol. The second-order valence-electron chi connectivity index (χ2n) is 4.33. The summed E-state index contributed by atoms with van der Waals surface area (Å²) in [6.45, 7) is 6.19. The zero-order chi connectivity index (χ0) is 12.7. The third kappa shape index (κ3) is 4.86. The number of hydrogen-bond acceptors (Lipinski definition) is 3. The van der Waals surface area contributed by atoms with Crippen LogP contribution in [0.4, 0.5) is 0 Å². The largest absolute Gasteiger partial charge is 0.382 e. The van der Waals surface area contributed by atoms with Crippen LogP contribution in [0.25, 0.3) is 0 Å². The second kappa shape index (κ2) is 7.43. The molecule has 0 heterocycles. The maximum Gasteiger partial charge on any atom is 0.0701 e. The topological polar surface area (TPSA) is 30.5 Å². The van der Waals surface area contributed by atoms with Gasteiger partial charge in [0.2, 0.25) is 0 Å². The van der Waals surface area contributed by atoms with Gasteiger partial charge in [-0.25, -0.2) is 0 Å². The molecule has 1 unspecified atom stereocenters. The van der Waals surface area contributed by atoms with Crippen LogP contribution in [0.2, 0.25) is 0 Å². The van der Waals surface area contributed by atoms with E-state index in [-0.39, 0.29) is 6.04 Å². The molecular weight excluding hydrogens is 214 g/mol. The molecule has 1 N–H and O–H groups in total. The first-order valence-corrected chi connectivity index (χ1v) is 5.99. The van der Waals surface area contributed by atoms with Crippen molar-refractivity contribution >= 4 is 0 Å². The lowest BCUT2D eigenvalue weighted by Crippen LogP contribution is -2.23. The summed E-state index contributed by atoms with van der Waals surface area (Å²) in [6.07, 6.45) is 0. The van der Waals surface area contributed by atoms with Crippen molar-refractivity contribution in [3.05, 3.63) is 34.9 Å². The number of hydrogen-bond donors (Lipinski definition) is 1. The van der Waals surface area contributed by atoms with Crippen LogP contribution >= 0.6 is 0 Å². The third-order valence-electron chi connectivity index (χ3n) is 2.71. The molecule has 0 radical (unpaired) electrons. The molecule has 1 atom stereocenters. The first-order valence-electron chi connectivity index (χ1n) is 5.99. The third-order valence-corrected chi connectivity index (χ3v) is 2.71. The van der Waals surface area contributed by atoms with E-state index in [1.807, 2.05) is 7.05 Å². The van der Waals surface area contributed by atoms with E-state index < -0.39 is 0 Å². The summed E-state index contributed by atoms with van der Waals surface area (Å²) in [4.78, 5) is 0. The Morgan fingerprint density at radius 3 is 2.29 bits per heavy atom. The first kappa shape index (κ1) is 14.2. The van der Waals surface area contributed by atoms with Gasteiger partial charge in [-0.1, -0.05) is 29.3 Å². The molecule has 0 fully saturated rings. The molecule has 17 heavy (non-hydrogen) atoms. The van der Waals surface area contributed by atoms with Gasteiger partial charge in [0.05, 0.1) is 25.9 Å². The van der Waals surface area contributed by atoms with Crippen molar-refractivity contribution in [3.63, 3.8) is 0 Å². The zero-order valence-corrected chi connectivity index (χ0v) is 11.2. The van der Waals surface area contributed by atoms with E-state index in [0.717, 1.165) is 0 Å². The highest BCUT2D eigenvalue weighted by atomic mass is 16.5. The number of aryl methyl sites for hydroxylation is 2. The Hall–Kier alpha value is -0.900. The van der Waals surface area contributed by atoms with Crippen LogP contribution in [-0.2, 0) is 9.47 Å². The highest BCUT2D eigenvalue weighted by Gasteiger charge is 2.09. The highest BCUT2D eigenvalue weighted by Crippen LogP contribution is 2.17. The number of likely N-dealkylation sites (N-methyl/N-ethyl adjacent to an activating group) is 1. The molecule has 0 amide bonds. The first-order chi connectivity index (χ1) is 8.17. The van der Waals surface area contributed by atoms with E-state index in [1.54, 1.807) is 7.11 Å². The fourth-order valence-corrected chi connectivity index (χ4v) is 1.90. The van der Waals surface area contributed by atoms with Crippen LogP contribution in [0.3, 0.4) is 0 Å². The van der Waals surface area contributed by atoms with E-state index >= 15 is 0 Å². The van der Waals surface area contributed by atoms with E-state index in [4.69, 9.17) is 9.47 Å². The SMILES string of the molecule is CNC(COCCOC)c1cc(C)cc(C)c1. The molecule has 1 aromatic rings. The number of rotatable bonds is 7. The Morgan fingerprint density at radius 2 is 1.76 bits per heavy atom. The van der Waals surface area contributed by atoms with Gasteiger partial charge in [0.15, 0.2) is 0 Å². The molecule has 1 rings (SSSR count). The Morgan fingerprint density at radius 1 is 1.12 bits per heavy atom. The molecule has 0 saturated heterocycles. The van der Waals surface area contributed by atoms with Crippen molar-refractivity contribution in [1.29, 1.82) is 0 Å². The molecule has 0 aliphatic rings. The molecular formula is C14H23NO2. The van der Waals surface area contributed by atoms with Crippen molar-refractivity contribution in [2.45, 2.75) is 19.9 Å². The summed E-state index contributed by atoms with van der Waals surface area (Å²) in [7, 11) is 3.64. The zero-order valence-electron chi connectivity index (χ0n) is 11.2. The van der Waals surface area contributed by atoms with Gasteiger partial charge in [0.25, 0.3) is 0 Å². The van der Waals surface area contributed by atoms with Crippen LogP contribution in [0.5, 0.6) is 0 Å². The Kier molecular flexibility index (Phi) is 6.19. The van der Waals surface area contributed by atoms with Gasteiger partial charge in [0, 0.05) is 7.11 Å². The summed E-state index contributed by atoms with van der Waals surface area (Å²) in [5.41, 5.74) is 3.86. The van der Waals surface area contributed by atoms with Gasteiger partial charge >= 0.3 is 0 Å². The van der Waals surface area contributed by atoms with Gasteiger partial charge in [-0.3, -0.25) is 0 Å². The molecule has 0 spiro atoms. The van der Waals surface area contributed by atoms with Gasteiger partial charge in [-0.2, -0.15) is 0 Å². The predicted octanol–water partition coefficient (Wildman–Crippen LogP) is 2.23. The van der Waals surface area contributed by atoms with Gasteiger partial charge in [-0.05, 0) is 26.5 Å². The van der Waals surface area contributed by atoms with Crippen LogP contribution in [0.15, 0.2) is 18.2 Å². The lowest BCUT2D eigenvalue weighted by atomic mass is 10.0. The maximum absolute atomic E-state index is 5.57.